The summed E-state index contributed by atoms with van der Waals surface area (Å²) in [5.41, 5.74) is 4.30. The van der Waals surface area contributed by atoms with E-state index in [1.165, 1.54) is 18.3 Å². The molecule has 0 saturated carbocycles. The van der Waals surface area contributed by atoms with Crippen molar-refractivity contribution in [2.45, 2.75) is 13.3 Å². The first-order chi connectivity index (χ1) is 19.0. The van der Waals surface area contributed by atoms with Crippen LogP contribution in [0.15, 0.2) is 79.1 Å². The minimum absolute atomic E-state index is 0.126. The van der Waals surface area contributed by atoms with Gasteiger partial charge in [0.15, 0.2) is 0 Å². The van der Waals surface area contributed by atoms with Gasteiger partial charge in [0, 0.05) is 23.3 Å². The largest absolute Gasteiger partial charge is 0.453 e. The van der Waals surface area contributed by atoms with Crippen molar-refractivity contribution in [2.24, 2.45) is 0 Å². The molecule has 4 aromatic rings. The zero-order valence-electron chi connectivity index (χ0n) is 21.8. The van der Waals surface area contributed by atoms with Gasteiger partial charge in [0.1, 0.15) is 18.7 Å². The van der Waals surface area contributed by atoms with Gasteiger partial charge in [-0.25, -0.2) is 14.8 Å². The molecule has 0 bridgehead atoms. The SMILES string of the molecule is CCCN(CC(=O)Nc1ccc(-c2ccc3ncnc(Nc4ccccc4)c3c2)cc1)C(=O)CNC(=O)OC. The number of anilines is 3. The number of benzene rings is 3. The number of hydrogen-bond acceptors (Lipinski definition) is 7. The molecule has 0 aliphatic heterocycles. The zero-order valence-corrected chi connectivity index (χ0v) is 21.8. The van der Waals surface area contributed by atoms with E-state index in [4.69, 9.17) is 0 Å². The molecule has 0 spiro atoms. The molecule has 200 valence electrons. The lowest BCUT2D eigenvalue weighted by molar-refractivity contribution is -0.133. The van der Waals surface area contributed by atoms with Crippen molar-refractivity contribution in [3.63, 3.8) is 0 Å². The second-order valence-corrected chi connectivity index (χ2v) is 8.73. The van der Waals surface area contributed by atoms with E-state index in [1.807, 2.05) is 79.7 Å². The quantitative estimate of drug-likeness (QED) is 0.276. The Labute approximate surface area is 226 Å². The number of para-hydroxylation sites is 1. The maximum absolute atomic E-state index is 12.6. The van der Waals surface area contributed by atoms with E-state index in [1.54, 1.807) is 0 Å². The van der Waals surface area contributed by atoms with Crippen LogP contribution in [0.1, 0.15) is 13.3 Å². The second-order valence-electron chi connectivity index (χ2n) is 8.73. The number of ether oxygens (including phenoxy) is 1. The van der Waals surface area contributed by atoms with Crippen LogP contribution in [0.5, 0.6) is 0 Å². The van der Waals surface area contributed by atoms with Gasteiger partial charge < -0.3 is 25.6 Å². The van der Waals surface area contributed by atoms with Crippen molar-refractivity contribution in [1.29, 1.82) is 0 Å². The highest BCUT2D eigenvalue weighted by Crippen LogP contribution is 2.29. The maximum atomic E-state index is 12.6. The summed E-state index contributed by atoms with van der Waals surface area (Å²) in [7, 11) is 1.22. The van der Waals surface area contributed by atoms with Gasteiger partial charge in [-0.05, 0) is 53.9 Å². The maximum Gasteiger partial charge on any atom is 0.407 e. The van der Waals surface area contributed by atoms with Crippen molar-refractivity contribution in [1.82, 2.24) is 20.2 Å². The van der Waals surface area contributed by atoms with Crippen molar-refractivity contribution < 1.29 is 19.1 Å². The standard InChI is InChI=1S/C29H30N6O4/c1-3-15-35(27(37)17-30-29(38)39-2)18-26(36)33-23-12-9-20(10-13-23)21-11-14-25-24(16-21)28(32-19-31-25)34-22-7-5-4-6-8-22/h4-14,16,19H,3,15,17-18H2,1-2H3,(H,30,38)(H,33,36)(H,31,32,34). The number of hydrogen-bond donors (Lipinski definition) is 3. The Hall–Kier alpha value is -4.99. The molecule has 1 aromatic heterocycles. The topological polar surface area (TPSA) is 126 Å². The molecule has 10 nitrogen and oxygen atoms in total. The highest BCUT2D eigenvalue weighted by molar-refractivity contribution is 5.96. The number of rotatable bonds is 10. The summed E-state index contributed by atoms with van der Waals surface area (Å²) >= 11 is 0. The summed E-state index contributed by atoms with van der Waals surface area (Å²) in [4.78, 5) is 46.5. The van der Waals surface area contributed by atoms with Crippen LogP contribution in [0.4, 0.5) is 22.0 Å². The number of nitrogens with zero attached hydrogens (tertiary/aromatic N) is 3. The van der Waals surface area contributed by atoms with E-state index in [0.29, 0.717) is 24.5 Å². The Kier molecular flexibility index (Phi) is 9.02. The number of carbonyl (C=O) groups excluding carboxylic acids is 3. The zero-order chi connectivity index (χ0) is 27.6. The Morgan fingerprint density at radius 1 is 0.897 bits per heavy atom. The lowest BCUT2D eigenvalue weighted by Crippen LogP contribution is -2.44. The molecule has 0 aliphatic rings. The molecular formula is C29H30N6O4. The normalized spacial score (nSPS) is 10.5. The molecule has 3 aromatic carbocycles. The average Bonchev–Trinajstić information content (AvgIpc) is 2.96. The number of alkyl carbamates (subject to hydrolysis) is 1. The molecule has 3 amide bonds. The predicted molar refractivity (Wildman–Crippen MR) is 151 cm³/mol. The van der Waals surface area contributed by atoms with Crippen LogP contribution < -0.4 is 16.0 Å². The molecule has 3 N–H and O–H groups in total. The predicted octanol–water partition coefficient (Wildman–Crippen LogP) is 4.57. The molecular weight excluding hydrogens is 496 g/mol. The minimum atomic E-state index is -0.702. The number of methoxy groups -OCH3 is 1. The van der Waals surface area contributed by atoms with Crippen molar-refractivity contribution in [3.05, 3.63) is 79.1 Å². The Bertz CT molecular complexity index is 1440. The van der Waals surface area contributed by atoms with Gasteiger partial charge in [0.25, 0.3) is 0 Å². The van der Waals surface area contributed by atoms with Crippen LogP contribution in [0.3, 0.4) is 0 Å². The van der Waals surface area contributed by atoms with E-state index < -0.39 is 6.09 Å². The highest BCUT2D eigenvalue weighted by atomic mass is 16.5. The van der Waals surface area contributed by atoms with Gasteiger partial charge in [0.2, 0.25) is 11.8 Å². The fourth-order valence-corrected chi connectivity index (χ4v) is 4.01. The summed E-state index contributed by atoms with van der Waals surface area (Å²) in [6, 6.07) is 23.3. The molecule has 10 heteroatoms. The third kappa shape index (κ3) is 7.29. The summed E-state index contributed by atoms with van der Waals surface area (Å²) in [5.74, 6) is 0.0150. The Morgan fingerprint density at radius 2 is 1.64 bits per heavy atom. The molecule has 1 heterocycles. The van der Waals surface area contributed by atoms with Crippen molar-refractivity contribution in [3.8, 4) is 11.1 Å². The molecule has 0 atom stereocenters. The lowest BCUT2D eigenvalue weighted by Gasteiger charge is -2.21. The van der Waals surface area contributed by atoms with Gasteiger partial charge in [-0.1, -0.05) is 43.3 Å². The van der Waals surface area contributed by atoms with E-state index in [9.17, 15) is 14.4 Å². The number of carbonyl (C=O) groups is 3. The number of fused-ring (bicyclic) bond motifs is 1. The summed E-state index contributed by atoms with van der Waals surface area (Å²) in [5, 5.41) is 9.42. The minimum Gasteiger partial charge on any atom is -0.453 e. The van der Waals surface area contributed by atoms with E-state index in [0.717, 1.165) is 27.7 Å². The van der Waals surface area contributed by atoms with Crippen LogP contribution in [0, 0.1) is 0 Å². The van der Waals surface area contributed by atoms with Crippen LogP contribution in [0.25, 0.3) is 22.0 Å². The lowest BCUT2D eigenvalue weighted by atomic mass is 10.0. The van der Waals surface area contributed by atoms with Crippen molar-refractivity contribution in [2.75, 3.05) is 37.4 Å². The van der Waals surface area contributed by atoms with Crippen molar-refractivity contribution >= 4 is 46.0 Å². The Morgan fingerprint density at radius 3 is 2.36 bits per heavy atom. The smallest absolute Gasteiger partial charge is 0.407 e. The van der Waals surface area contributed by atoms with Gasteiger partial charge in [-0.3, -0.25) is 9.59 Å². The molecule has 0 radical (unpaired) electrons. The summed E-state index contributed by atoms with van der Waals surface area (Å²) in [6.45, 7) is 1.93. The average molecular weight is 527 g/mol. The molecule has 0 unspecified atom stereocenters. The third-order valence-electron chi connectivity index (χ3n) is 5.92. The molecule has 4 rings (SSSR count). The van der Waals surface area contributed by atoms with E-state index in [2.05, 4.69) is 30.7 Å². The van der Waals surface area contributed by atoms with Gasteiger partial charge in [-0.15, -0.1) is 0 Å². The van der Waals surface area contributed by atoms with Crippen LogP contribution in [-0.4, -0.2) is 59.5 Å². The number of nitrogens with one attached hydrogen (secondary N) is 3. The van der Waals surface area contributed by atoms with Crippen LogP contribution >= 0.6 is 0 Å². The van der Waals surface area contributed by atoms with Crippen LogP contribution in [-0.2, 0) is 14.3 Å². The molecule has 0 saturated heterocycles. The summed E-state index contributed by atoms with van der Waals surface area (Å²) in [6.07, 6.45) is 1.51. The third-order valence-corrected chi connectivity index (χ3v) is 5.92. The van der Waals surface area contributed by atoms with Gasteiger partial charge in [-0.2, -0.15) is 0 Å². The molecule has 0 fully saturated rings. The highest BCUT2D eigenvalue weighted by Gasteiger charge is 2.17. The fourth-order valence-electron chi connectivity index (χ4n) is 4.01. The molecule has 39 heavy (non-hydrogen) atoms. The monoisotopic (exact) mass is 526 g/mol. The number of aromatic nitrogens is 2. The first kappa shape index (κ1) is 27.1. The molecule has 0 aliphatic carbocycles. The van der Waals surface area contributed by atoms with Gasteiger partial charge in [0.05, 0.1) is 19.2 Å². The van der Waals surface area contributed by atoms with E-state index >= 15 is 0 Å². The fraction of sp³-hybridized carbons (Fsp3) is 0.207. The van der Waals surface area contributed by atoms with E-state index in [-0.39, 0.29) is 24.9 Å². The second kappa shape index (κ2) is 13.0. The van der Waals surface area contributed by atoms with Gasteiger partial charge >= 0.3 is 6.09 Å². The Balaban J connectivity index is 1.43. The number of amides is 3. The first-order valence-corrected chi connectivity index (χ1v) is 12.5. The first-order valence-electron chi connectivity index (χ1n) is 12.5. The summed E-state index contributed by atoms with van der Waals surface area (Å²) < 4.78 is 4.48. The van der Waals surface area contributed by atoms with Crippen LogP contribution in [0.2, 0.25) is 0 Å².